The zero-order valence-electron chi connectivity index (χ0n) is 10.8. The third kappa shape index (κ3) is 1.99. The van der Waals surface area contributed by atoms with E-state index in [1.165, 1.54) is 5.56 Å². The van der Waals surface area contributed by atoms with Gasteiger partial charge in [0, 0.05) is 19.3 Å². The third-order valence-corrected chi connectivity index (χ3v) is 4.32. The zero-order chi connectivity index (χ0) is 12.9. The lowest BCUT2D eigenvalue weighted by Gasteiger charge is -2.56. The normalized spacial score (nSPS) is 41.4. The molecule has 4 heteroatoms. The predicted octanol–water partition coefficient (Wildman–Crippen LogP) is 1.58. The number of hydrogen-bond donors (Lipinski definition) is 1. The fourth-order valence-corrected chi connectivity index (χ4v) is 3.49. The van der Waals surface area contributed by atoms with Gasteiger partial charge in [-0.2, -0.15) is 0 Å². The molecule has 0 aromatic heterocycles. The van der Waals surface area contributed by atoms with Crippen LogP contribution in [0.4, 0.5) is 0 Å². The predicted molar refractivity (Wildman–Crippen MR) is 69.3 cm³/mol. The molecule has 2 N–H and O–H groups in total. The molecule has 0 unspecified atom stereocenters. The fraction of sp³-hybridized carbons (Fsp3) is 0.600. The van der Waals surface area contributed by atoms with Gasteiger partial charge in [0.1, 0.15) is 0 Å². The van der Waals surface area contributed by atoms with Crippen LogP contribution in [0.15, 0.2) is 30.3 Å². The molecular weight excluding hydrogens is 242 g/mol. The van der Waals surface area contributed by atoms with Crippen molar-refractivity contribution in [2.45, 2.75) is 56.0 Å². The summed E-state index contributed by atoms with van der Waals surface area (Å²) in [5, 5.41) is 0. The van der Waals surface area contributed by atoms with Crippen molar-refractivity contribution in [3.63, 3.8) is 0 Å². The largest absolute Gasteiger partial charge is 0.323 e. The first-order valence-electron chi connectivity index (χ1n) is 7.06. The number of benzene rings is 1. The Hall–Kier alpha value is -0.940. The molecule has 1 saturated carbocycles. The van der Waals surface area contributed by atoms with E-state index in [0.717, 1.165) is 19.3 Å². The summed E-state index contributed by atoms with van der Waals surface area (Å²) in [7, 11) is 0. The summed E-state index contributed by atoms with van der Waals surface area (Å²) >= 11 is 0. The molecule has 5 rings (SSSR count). The Kier molecular flexibility index (Phi) is 2.67. The maximum atomic E-state index is 6.33. The minimum absolute atomic E-state index is 0.257. The highest BCUT2D eigenvalue weighted by atomic mass is 16.9. The number of rotatable bonds is 3. The van der Waals surface area contributed by atoms with Crippen LogP contribution >= 0.6 is 0 Å². The van der Waals surface area contributed by atoms with Gasteiger partial charge in [-0.25, -0.2) is 0 Å². The van der Waals surface area contributed by atoms with E-state index < -0.39 is 5.97 Å². The van der Waals surface area contributed by atoms with Crippen molar-refractivity contribution in [1.82, 2.24) is 0 Å². The van der Waals surface area contributed by atoms with Crippen LogP contribution in [0.3, 0.4) is 0 Å². The van der Waals surface area contributed by atoms with Crippen LogP contribution < -0.4 is 5.73 Å². The van der Waals surface area contributed by atoms with Gasteiger partial charge in [0.2, 0.25) is 0 Å². The fourth-order valence-electron chi connectivity index (χ4n) is 3.49. The van der Waals surface area contributed by atoms with Gasteiger partial charge in [-0.3, -0.25) is 0 Å². The average molecular weight is 261 g/mol. The lowest BCUT2D eigenvalue weighted by atomic mass is 9.88. The van der Waals surface area contributed by atoms with Crippen molar-refractivity contribution in [2.75, 3.05) is 0 Å². The molecule has 0 amide bonds. The molecule has 0 radical (unpaired) electrons. The summed E-state index contributed by atoms with van der Waals surface area (Å²) in [5.41, 5.74) is 7.51. The molecule has 4 bridgehead atoms. The van der Waals surface area contributed by atoms with E-state index >= 15 is 0 Å². The summed E-state index contributed by atoms with van der Waals surface area (Å²) < 4.78 is 17.9. The minimum atomic E-state index is -1.01. The highest BCUT2D eigenvalue weighted by Crippen LogP contribution is 2.46. The monoisotopic (exact) mass is 261 g/mol. The first kappa shape index (κ1) is 11.9. The van der Waals surface area contributed by atoms with Crippen LogP contribution in [0.5, 0.6) is 0 Å². The molecule has 0 spiro atoms. The molecule has 3 aliphatic heterocycles. The van der Waals surface area contributed by atoms with Crippen molar-refractivity contribution in [3.05, 3.63) is 35.9 Å². The molecule has 1 aliphatic carbocycles. The molecule has 4 nitrogen and oxygen atoms in total. The lowest BCUT2D eigenvalue weighted by molar-refractivity contribution is -0.499. The first-order valence-corrected chi connectivity index (χ1v) is 7.06. The third-order valence-electron chi connectivity index (χ3n) is 4.32. The second-order valence-electron chi connectivity index (χ2n) is 5.83. The van der Waals surface area contributed by atoms with Crippen molar-refractivity contribution in [3.8, 4) is 0 Å². The van der Waals surface area contributed by atoms with Crippen molar-refractivity contribution < 1.29 is 14.2 Å². The lowest BCUT2D eigenvalue weighted by Crippen LogP contribution is -2.69. The van der Waals surface area contributed by atoms with Gasteiger partial charge in [0.25, 0.3) is 5.97 Å². The summed E-state index contributed by atoms with van der Waals surface area (Å²) in [5.74, 6) is -1.01. The zero-order valence-corrected chi connectivity index (χ0v) is 10.8. The molecule has 1 aromatic carbocycles. The van der Waals surface area contributed by atoms with Crippen LogP contribution in [-0.2, 0) is 20.6 Å². The smallest absolute Gasteiger partial charge is 0.300 e. The van der Waals surface area contributed by atoms with Gasteiger partial charge < -0.3 is 19.9 Å². The number of nitrogens with two attached hydrogens (primary N) is 1. The molecule has 1 aromatic rings. The quantitative estimate of drug-likeness (QED) is 0.897. The second kappa shape index (κ2) is 4.28. The van der Waals surface area contributed by atoms with Crippen molar-refractivity contribution in [1.29, 1.82) is 0 Å². The standard InChI is InChI=1S/C15H19NO3/c16-14(6-10-4-2-1-3-5-10)15-17-11-7-12(18-15)9-13(8-11)19-15/h1-5,11-14H,6-9,16H2/t11?,12?,13?,14-,15?/m0/s1. The van der Waals surface area contributed by atoms with Crippen LogP contribution in [-0.4, -0.2) is 30.3 Å². The van der Waals surface area contributed by atoms with Crippen LogP contribution in [0.1, 0.15) is 24.8 Å². The molecule has 102 valence electrons. The Morgan fingerprint density at radius 2 is 1.53 bits per heavy atom. The molecule has 19 heavy (non-hydrogen) atoms. The maximum Gasteiger partial charge on any atom is 0.300 e. The van der Waals surface area contributed by atoms with E-state index in [1.54, 1.807) is 0 Å². The van der Waals surface area contributed by atoms with E-state index in [-0.39, 0.29) is 24.4 Å². The Labute approximate surface area is 112 Å². The highest BCUT2D eigenvalue weighted by Gasteiger charge is 2.57. The summed E-state index contributed by atoms with van der Waals surface area (Å²) in [6, 6.07) is 9.89. The van der Waals surface area contributed by atoms with Gasteiger partial charge in [0.05, 0.1) is 24.4 Å². The van der Waals surface area contributed by atoms with Gasteiger partial charge in [0.15, 0.2) is 0 Å². The number of hydrogen-bond acceptors (Lipinski definition) is 4. The van der Waals surface area contributed by atoms with Crippen molar-refractivity contribution >= 4 is 0 Å². The number of ether oxygens (including phenoxy) is 3. The van der Waals surface area contributed by atoms with E-state index in [1.807, 2.05) is 18.2 Å². The minimum Gasteiger partial charge on any atom is -0.323 e. The SMILES string of the molecule is N[C@@H](Cc1ccccc1)C12OC3CC(CC(C3)O1)O2. The Bertz CT molecular complexity index is 426. The summed E-state index contributed by atoms with van der Waals surface area (Å²) in [6.45, 7) is 0. The Morgan fingerprint density at radius 3 is 2.05 bits per heavy atom. The average Bonchev–Trinajstić information content (AvgIpc) is 2.38. The second-order valence-corrected chi connectivity index (χ2v) is 5.83. The Balaban J connectivity index is 1.55. The summed E-state index contributed by atoms with van der Waals surface area (Å²) in [4.78, 5) is 0. The topological polar surface area (TPSA) is 53.7 Å². The van der Waals surface area contributed by atoms with E-state index in [0.29, 0.717) is 6.42 Å². The van der Waals surface area contributed by atoms with Crippen LogP contribution in [0.25, 0.3) is 0 Å². The molecule has 3 heterocycles. The van der Waals surface area contributed by atoms with Gasteiger partial charge in [-0.1, -0.05) is 30.3 Å². The van der Waals surface area contributed by atoms with Crippen LogP contribution in [0.2, 0.25) is 0 Å². The molecule has 4 aliphatic rings. The summed E-state index contributed by atoms with van der Waals surface area (Å²) in [6.07, 6.45) is 4.43. The van der Waals surface area contributed by atoms with Gasteiger partial charge in [-0.05, 0) is 12.0 Å². The van der Waals surface area contributed by atoms with Gasteiger partial charge in [-0.15, -0.1) is 0 Å². The van der Waals surface area contributed by atoms with Crippen molar-refractivity contribution in [2.24, 2.45) is 5.73 Å². The maximum absolute atomic E-state index is 6.33. The molecule has 1 atom stereocenters. The highest BCUT2D eigenvalue weighted by molar-refractivity contribution is 5.16. The van der Waals surface area contributed by atoms with E-state index in [9.17, 15) is 0 Å². The van der Waals surface area contributed by atoms with Crippen LogP contribution in [0, 0.1) is 0 Å². The molecular formula is C15H19NO3. The first-order chi connectivity index (χ1) is 9.23. The van der Waals surface area contributed by atoms with E-state index in [2.05, 4.69) is 12.1 Å². The Morgan fingerprint density at radius 1 is 1.00 bits per heavy atom. The van der Waals surface area contributed by atoms with Gasteiger partial charge >= 0.3 is 0 Å². The van der Waals surface area contributed by atoms with E-state index in [4.69, 9.17) is 19.9 Å². The molecule has 3 saturated heterocycles. The molecule has 4 fully saturated rings.